The van der Waals surface area contributed by atoms with E-state index in [1.807, 2.05) is 0 Å². The number of nitrogens with one attached hydrogen (secondary N) is 1. The summed E-state index contributed by atoms with van der Waals surface area (Å²) in [6.45, 7) is 0.758. The average molecular weight is 302 g/mol. The summed E-state index contributed by atoms with van der Waals surface area (Å²) in [7, 11) is 1.44. The predicted molar refractivity (Wildman–Crippen MR) is 73.9 cm³/mol. The number of hydrogen-bond donors (Lipinski definition) is 3. The molecule has 3 N–H and O–H groups in total. The zero-order valence-corrected chi connectivity index (χ0v) is 11.9. The van der Waals surface area contributed by atoms with Crippen LogP contribution in [0, 0.1) is 0 Å². The van der Waals surface area contributed by atoms with Gasteiger partial charge in [-0.3, -0.25) is 4.90 Å². The van der Waals surface area contributed by atoms with Crippen molar-refractivity contribution in [2.45, 2.75) is 12.0 Å². The molecule has 0 aromatic heterocycles. The van der Waals surface area contributed by atoms with Crippen LogP contribution in [0.4, 0.5) is 8.78 Å². The number of alkyl halides is 2. The van der Waals surface area contributed by atoms with Gasteiger partial charge in [-0.05, 0) is 12.1 Å². The van der Waals surface area contributed by atoms with E-state index in [0.717, 1.165) is 0 Å². The molecule has 0 aliphatic carbocycles. The SMILES string of the molecule is COc1ccc([C@@H](N2CCNCC2)C(F)(F)CO)c(O)c1. The lowest BCUT2D eigenvalue weighted by molar-refractivity contribution is -0.119. The number of piperazine rings is 1. The van der Waals surface area contributed by atoms with Crippen molar-refractivity contribution in [1.82, 2.24) is 10.2 Å². The maximum Gasteiger partial charge on any atom is 0.290 e. The minimum Gasteiger partial charge on any atom is -0.507 e. The van der Waals surface area contributed by atoms with Crippen LogP contribution in [0.1, 0.15) is 11.6 Å². The van der Waals surface area contributed by atoms with E-state index < -0.39 is 18.6 Å². The lowest BCUT2D eigenvalue weighted by Crippen LogP contribution is -2.51. The zero-order valence-electron chi connectivity index (χ0n) is 11.9. The summed E-state index contributed by atoms with van der Waals surface area (Å²) < 4.78 is 33.4. The van der Waals surface area contributed by atoms with Crippen LogP contribution in [-0.4, -0.2) is 60.9 Å². The van der Waals surface area contributed by atoms with Crippen molar-refractivity contribution in [2.75, 3.05) is 39.9 Å². The molecule has 0 radical (unpaired) electrons. The Bertz CT molecular complexity index is 479. The highest BCUT2D eigenvalue weighted by atomic mass is 19.3. The number of aliphatic hydroxyl groups excluding tert-OH is 1. The Morgan fingerprint density at radius 2 is 2.05 bits per heavy atom. The molecule has 1 atom stereocenters. The van der Waals surface area contributed by atoms with Crippen LogP contribution in [-0.2, 0) is 0 Å². The number of ether oxygens (including phenoxy) is 1. The lowest BCUT2D eigenvalue weighted by atomic mass is 9.97. The minimum atomic E-state index is -3.34. The largest absolute Gasteiger partial charge is 0.507 e. The number of halogens is 2. The van der Waals surface area contributed by atoms with Crippen LogP contribution in [0.2, 0.25) is 0 Å². The zero-order chi connectivity index (χ0) is 15.5. The van der Waals surface area contributed by atoms with Crippen molar-refractivity contribution in [2.24, 2.45) is 0 Å². The molecule has 5 nitrogen and oxygen atoms in total. The average Bonchev–Trinajstić information content (AvgIpc) is 2.50. The molecule has 2 rings (SSSR count). The van der Waals surface area contributed by atoms with Crippen LogP contribution in [0.25, 0.3) is 0 Å². The van der Waals surface area contributed by atoms with Crippen molar-refractivity contribution in [3.63, 3.8) is 0 Å². The molecule has 0 saturated carbocycles. The van der Waals surface area contributed by atoms with Gasteiger partial charge in [0.1, 0.15) is 24.1 Å². The highest BCUT2D eigenvalue weighted by Gasteiger charge is 2.45. The summed E-state index contributed by atoms with van der Waals surface area (Å²) in [6.07, 6.45) is 0. The molecule has 1 heterocycles. The summed E-state index contributed by atoms with van der Waals surface area (Å²) >= 11 is 0. The van der Waals surface area contributed by atoms with Gasteiger partial charge in [-0.1, -0.05) is 0 Å². The first-order valence-corrected chi connectivity index (χ1v) is 6.80. The Balaban J connectivity index is 2.39. The molecule has 1 fully saturated rings. The van der Waals surface area contributed by atoms with Gasteiger partial charge in [-0.15, -0.1) is 0 Å². The first-order chi connectivity index (χ1) is 9.99. The molecule has 7 heteroatoms. The van der Waals surface area contributed by atoms with Crippen molar-refractivity contribution in [3.8, 4) is 11.5 Å². The van der Waals surface area contributed by atoms with E-state index in [-0.39, 0.29) is 11.3 Å². The minimum absolute atomic E-state index is 0.0942. The van der Waals surface area contributed by atoms with Crippen LogP contribution in [0.3, 0.4) is 0 Å². The Hall–Kier alpha value is -1.44. The second-order valence-electron chi connectivity index (χ2n) is 5.03. The van der Waals surface area contributed by atoms with Crippen molar-refractivity contribution < 1.29 is 23.7 Å². The molecule has 1 aliphatic heterocycles. The van der Waals surface area contributed by atoms with Gasteiger partial charge in [0.25, 0.3) is 5.92 Å². The standard InChI is InChI=1S/C14H20F2N2O3/c1-21-10-2-3-11(12(20)8-10)13(14(15,16)9-19)18-6-4-17-5-7-18/h2-3,8,13,17,19-20H,4-7,9H2,1H3/t13-/m1/s1. The van der Waals surface area contributed by atoms with Crippen molar-refractivity contribution >= 4 is 0 Å². The van der Waals surface area contributed by atoms with Gasteiger partial charge in [0, 0.05) is 37.8 Å². The number of benzene rings is 1. The number of phenols is 1. The maximum absolute atomic E-state index is 14.2. The highest BCUT2D eigenvalue weighted by molar-refractivity contribution is 5.42. The van der Waals surface area contributed by atoms with E-state index in [9.17, 15) is 13.9 Å². The van der Waals surface area contributed by atoms with Crippen LogP contribution in [0.15, 0.2) is 18.2 Å². The summed E-state index contributed by atoms with van der Waals surface area (Å²) in [5, 5.41) is 22.2. The highest BCUT2D eigenvalue weighted by Crippen LogP contribution is 2.41. The Morgan fingerprint density at radius 3 is 2.57 bits per heavy atom. The lowest BCUT2D eigenvalue weighted by Gasteiger charge is -2.38. The Kier molecular flexibility index (Phi) is 4.97. The van der Waals surface area contributed by atoms with E-state index in [1.165, 1.54) is 25.3 Å². The van der Waals surface area contributed by atoms with Crippen molar-refractivity contribution in [3.05, 3.63) is 23.8 Å². The van der Waals surface area contributed by atoms with Gasteiger partial charge in [0.15, 0.2) is 0 Å². The van der Waals surface area contributed by atoms with Crippen LogP contribution < -0.4 is 10.1 Å². The molecular weight excluding hydrogens is 282 g/mol. The van der Waals surface area contributed by atoms with Gasteiger partial charge in [0.2, 0.25) is 0 Å². The molecule has 0 spiro atoms. The number of methoxy groups -OCH3 is 1. The summed E-state index contributed by atoms with van der Waals surface area (Å²) in [4.78, 5) is 1.58. The predicted octanol–water partition coefficient (Wildman–Crippen LogP) is 0.975. The van der Waals surface area contributed by atoms with Gasteiger partial charge in [0.05, 0.1) is 7.11 Å². The molecule has 1 aromatic rings. The number of rotatable bonds is 5. The summed E-state index contributed by atoms with van der Waals surface area (Å²) in [5.74, 6) is -3.21. The molecule has 1 saturated heterocycles. The Morgan fingerprint density at radius 1 is 1.38 bits per heavy atom. The fourth-order valence-corrected chi connectivity index (χ4v) is 2.60. The number of nitrogens with zero attached hydrogens (tertiary/aromatic N) is 1. The third-order valence-corrected chi connectivity index (χ3v) is 3.66. The van der Waals surface area contributed by atoms with E-state index in [1.54, 1.807) is 4.90 Å². The molecule has 0 bridgehead atoms. The molecule has 21 heavy (non-hydrogen) atoms. The molecule has 0 amide bonds. The van der Waals surface area contributed by atoms with Gasteiger partial charge >= 0.3 is 0 Å². The summed E-state index contributed by atoms with van der Waals surface area (Å²) in [5.41, 5.74) is 0.0942. The first-order valence-electron chi connectivity index (χ1n) is 6.80. The third kappa shape index (κ3) is 3.42. The number of aromatic hydroxyl groups is 1. The molecule has 1 aromatic carbocycles. The monoisotopic (exact) mass is 302 g/mol. The molecule has 0 unspecified atom stereocenters. The molecule has 1 aliphatic rings. The van der Waals surface area contributed by atoms with Crippen LogP contribution in [0.5, 0.6) is 11.5 Å². The topological polar surface area (TPSA) is 65.0 Å². The number of phenolic OH excluding ortho intramolecular Hbond substituents is 1. The normalized spacial score (nSPS) is 18.5. The fraction of sp³-hybridized carbons (Fsp3) is 0.571. The van der Waals surface area contributed by atoms with E-state index in [4.69, 9.17) is 9.84 Å². The van der Waals surface area contributed by atoms with E-state index >= 15 is 0 Å². The first kappa shape index (κ1) is 15.9. The van der Waals surface area contributed by atoms with Gasteiger partial charge in [-0.25, -0.2) is 8.78 Å². The van der Waals surface area contributed by atoms with Crippen molar-refractivity contribution in [1.29, 1.82) is 0 Å². The maximum atomic E-state index is 14.2. The third-order valence-electron chi connectivity index (χ3n) is 3.66. The van der Waals surface area contributed by atoms with E-state index in [0.29, 0.717) is 31.9 Å². The van der Waals surface area contributed by atoms with Crippen LogP contribution >= 0.6 is 0 Å². The number of hydrogen-bond acceptors (Lipinski definition) is 5. The van der Waals surface area contributed by atoms with Gasteiger partial charge < -0.3 is 20.3 Å². The quantitative estimate of drug-likeness (QED) is 0.756. The van der Waals surface area contributed by atoms with Gasteiger partial charge in [-0.2, -0.15) is 0 Å². The molecular formula is C14H20F2N2O3. The Labute approximate surface area is 122 Å². The summed E-state index contributed by atoms with van der Waals surface area (Å²) in [6, 6.07) is 2.88. The number of aliphatic hydroxyl groups is 1. The smallest absolute Gasteiger partial charge is 0.290 e. The second-order valence-corrected chi connectivity index (χ2v) is 5.03. The van der Waals surface area contributed by atoms with E-state index in [2.05, 4.69) is 5.32 Å². The second kappa shape index (κ2) is 6.55. The fourth-order valence-electron chi connectivity index (χ4n) is 2.60. The molecule has 118 valence electrons.